The molecule has 0 aliphatic rings. The van der Waals surface area contributed by atoms with Crippen molar-refractivity contribution in [2.45, 2.75) is 0 Å². The topological polar surface area (TPSA) is 13.1 Å². The van der Waals surface area contributed by atoms with Crippen LogP contribution >= 0.6 is 0 Å². The second-order valence-corrected chi connectivity index (χ2v) is 10.1. The van der Waals surface area contributed by atoms with Crippen molar-refractivity contribution in [1.29, 1.82) is 0 Å². The van der Waals surface area contributed by atoms with Gasteiger partial charge in [0.1, 0.15) is 11.2 Å². The quantitative estimate of drug-likeness (QED) is 0.195. The molecule has 1 heterocycles. The molecule has 9 rings (SSSR count). The Labute approximate surface area is 271 Å². The average Bonchev–Trinajstić information content (AvgIpc) is 3.58. The molecule has 0 fully saturated rings. The predicted molar refractivity (Wildman–Crippen MR) is 183 cm³/mol. The first-order valence-corrected chi connectivity index (χ1v) is 13.5. The normalized spacial score (nSPS) is 16.9. The van der Waals surface area contributed by atoms with E-state index < -0.39 is 108 Å². The summed E-state index contributed by atoms with van der Waals surface area (Å²) in [6.07, 6.45) is 0. The molecule has 0 saturated heterocycles. The molecule has 0 unspecified atom stereocenters. The Balaban J connectivity index is 1.52. The molecular weight excluding hydrogens is 520 g/mol. The van der Waals surface area contributed by atoms with Gasteiger partial charge in [-0.3, -0.25) is 0 Å². The summed E-state index contributed by atoms with van der Waals surface area (Å²) in [4.78, 5) is 0. The molecule has 0 spiro atoms. The molecule has 8 aromatic carbocycles. The van der Waals surface area contributed by atoms with Crippen molar-refractivity contribution in [2.75, 3.05) is 0 Å². The summed E-state index contributed by atoms with van der Waals surface area (Å²) in [6.45, 7) is 0. The lowest BCUT2D eigenvalue weighted by Gasteiger charge is -2.18. The average molecular weight is 563 g/mol. The van der Waals surface area contributed by atoms with Crippen molar-refractivity contribution in [3.05, 3.63) is 157 Å². The van der Waals surface area contributed by atoms with Crippen molar-refractivity contribution in [3.63, 3.8) is 0 Å². The van der Waals surface area contributed by atoms with Crippen LogP contribution in [0.15, 0.2) is 162 Å². The molecule has 1 nitrogen and oxygen atoms in total. The molecule has 0 saturated carbocycles. The molecule has 1 aromatic heterocycles. The predicted octanol–water partition coefficient (Wildman–Crippen LogP) is 12.0. The molecule has 0 atom stereocenters. The minimum Gasteiger partial charge on any atom is -0.456 e. The van der Waals surface area contributed by atoms with Gasteiger partial charge in [-0.05, 0) is 96.0 Å². The summed E-state index contributed by atoms with van der Waals surface area (Å²) < 4.78 is 148. The second-order valence-electron chi connectivity index (χ2n) is 10.1. The Kier molecular flexibility index (Phi) is 2.88. The minimum absolute atomic E-state index is 0.0146. The highest BCUT2D eigenvalue weighted by Gasteiger charge is 2.18. The molecule has 0 bridgehead atoms. The highest BCUT2D eigenvalue weighted by molar-refractivity contribution is 6.22. The van der Waals surface area contributed by atoms with E-state index in [4.69, 9.17) is 18.1 Å². The summed E-state index contributed by atoms with van der Waals surface area (Å²) in [5.41, 5.74) is -0.333. The van der Waals surface area contributed by atoms with Gasteiger partial charge in [-0.2, -0.15) is 0 Å². The van der Waals surface area contributed by atoms with Gasteiger partial charge in [0.25, 0.3) is 0 Å². The fourth-order valence-corrected chi connectivity index (χ4v) is 5.81. The molecule has 0 N–H and O–H groups in total. The molecular formula is C42H26O. The first-order valence-electron chi connectivity index (χ1n) is 21.5. The van der Waals surface area contributed by atoms with Gasteiger partial charge in [0.15, 0.2) is 0 Å². The van der Waals surface area contributed by atoms with Crippen LogP contribution in [-0.2, 0) is 0 Å². The summed E-state index contributed by atoms with van der Waals surface area (Å²) in [7, 11) is 0. The van der Waals surface area contributed by atoms with Crippen LogP contribution in [0.3, 0.4) is 0 Å². The Morgan fingerprint density at radius 2 is 0.977 bits per heavy atom. The fraction of sp³-hybridized carbons (Fsp3) is 0. The highest BCUT2D eigenvalue weighted by atomic mass is 16.3. The van der Waals surface area contributed by atoms with Crippen LogP contribution in [0.25, 0.3) is 87.6 Å². The molecule has 9 aromatic rings. The van der Waals surface area contributed by atoms with Crippen molar-refractivity contribution in [2.24, 2.45) is 0 Å². The van der Waals surface area contributed by atoms with Gasteiger partial charge in [-0.25, -0.2) is 0 Å². The van der Waals surface area contributed by atoms with E-state index in [2.05, 4.69) is 0 Å². The van der Waals surface area contributed by atoms with Crippen molar-refractivity contribution >= 4 is 54.3 Å². The van der Waals surface area contributed by atoms with Crippen LogP contribution in [0.1, 0.15) is 21.9 Å². The molecule has 1 heteroatoms. The van der Waals surface area contributed by atoms with E-state index in [9.17, 15) is 8.22 Å². The molecule has 0 radical (unpaired) electrons. The first-order chi connectivity index (χ1) is 28.0. The van der Waals surface area contributed by atoms with Gasteiger partial charge < -0.3 is 4.42 Å². The van der Waals surface area contributed by atoms with E-state index in [1.807, 2.05) is 36.4 Å². The minimum atomic E-state index is -0.720. The number of hydrogen-bond acceptors (Lipinski definition) is 1. The van der Waals surface area contributed by atoms with Crippen LogP contribution in [0.2, 0.25) is 0 Å². The summed E-state index contributed by atoms with van der Waals surface area (Å²) in [6, 6.07) is 6.83. The lowest BCUT2D eigenvalue weighted by atomic mass is 9.85. The van der Waals surface area contributed by atoms with Crippen molar-refractivity contribution < 1.29 is 26.3 Å². The Hall–Kier alpha value is -5.66. The third kappa shape index (κ3) is 3.79. The van der Waals surface area contributed by atoms with Crippen LogP contribution in [0.5, 0.6) is 0 Å². The zero-order valence-electron chi connectivity index (χ0n) is 38.2. The monoisotopic (exact) mass is 562 g/mol. The molecule has 0 aliphatic heterocycles. The lowest BCUT2D eigenvalue weighted by molar-refractivity contribution is 0.669. The van der Waals surface area contributed by atoms with Gasteiger partial charge in [0, 0.05) is 10.8 Å². The van der Waals surface area contributed by atoms with Crippen molar-refractivity contribution in [1.82, 2.24) is 0 Å². The van der Waals surface area contributed by atoms with Gasteiger partial charge in [0.05, 0.1) is 21.9 Å². The Morgan fingerprint density at radius 3 is 1.67 bits per heavy atom. The van der Waals surface area contributed by atoms with Gasteiger partial charge in [-0.1, -0.05) is 127 Å². The number of rotatable bonds is 3. The maximum atomic E-state index is 9.53. The Morgan fingerprint density at radius 1 is 0.395 bits per heavy atom. The molecule has 200 valence electrons. The van der Waals surface area contributed by atoms with E-state index >= 15 is 0 Å². The summed E-state index contributed by atoms with van der Waals surface area (Å²) in [5.74, 6) is 0. The van der Waals surface area contributed by atoms with Crippen LogP contribution in [-0.4, -0.2) is 0 Å². The van der Waals surface area contributed by atoms with Gasteiger partial charge in [-0.15, -0.1) is 0 Å². The summed E-state index contributed by atoms with van der Waals surface area (Å²) in [5, 5.41) is 2.18. The fourth-order valence-electron chi connectivity index (χ4n) is 5.81. The zero-order chi connectivity index (χ0) is 42.3. The number of benzene rings is 8. The standard InChI is InChI=1S/C42H26O/c1-2-11-27(12-3-1)28-15-10-16-31(23-28)41-33-17-6-8-19-35(33)42(36-20-9-7-18-34(36)41)32-21-22-39-37(25-32)38-24-29-13-4-5-14-30(29)26-40(38)43-39/h1-26H/i1D,2D,3D,6D,7D,8D,9D,10D,11D,12D,16D,17D,18D,19D,20D,23D. The summed E-state index contributed by atoms with van der Waals surface area (Å²) >= 11 is 0. The third-order valence-electron chi connectivity index (χ3n) is 7.69. The number of fused-ring (bicyclic) bond motifs is 6. The molecule has 0 amide bonds. The first kappa shape index (κ1) is 13.1. The SMILES string of the molecule is [2H]c1cc(-c2c([2H])c([2H])c([2H])c([2H])c2[2H])c([2H])c(-c2c3c([2H])c([2H])c([2H])c([2H])c3c(-c3ccc4oc5cc6ccccc6cc5c4c3)c3c([2H])c([2H])c([2H])c([2H])c23)c1[2H]. The van der Waals surface area contributed by atoms with Gasteiger partial charge in [0.2, 0.25) is 0 Å². The molecule has 0 aliphatic carbocycles. The van der Waals surface area contributed by atoms with Crippen molar-refractivity contribution in [3.8, 4) is 33.4 Å². The van der Waals surface area contributed by atoms with Gasteiger partial charge >= 0.3 is 0 Å². The van der Waals surface area contributed by atoms with E-state index in [1.165, 1.54) is 0 Å². The second kappa shape index (κ2) is 9.44. The van der Waals surface area contributed by atoms with E-state index in [-0.39, 0.29) is 38.2 Å². The number of hydrogen-bond donors (Lipinski definition) is 0. The lowest BCUT2D eigenvalue weighted by Crippen LogP contribution is -1.91. The molecule has 43 heavy (non-hydrogen) atoms. The van der Waals surface area contributed by atoms with Crippen LogP contribution in [0.4, 0.5) is 0 Å². The Bertz CT molecular complexity index is 3300. The number of furan rings is 1. The van der Waals surface area contributed by atoms with Crippen LogP contribution < -0.4 is 0 Å². The maximum absolute atomic E-state index is 9.53. The smallest absolute Gasteiger partial charge is 0.136 e. The van der Waals surface area contributed by atoms with Crippen LogP contribution in [0, 0.1) is 0 Å². The van der Waals surface area contributed by atoms with E-state index in [1.54, 1.807) is 18.2 Å². The highest BCUT2D eigenvalue weighted by Crippen LogP contribution is 2.45. The third-order valence-corrected chi connectivity index (χ3v) is 7.69. The maximum Gasteiger partial charge on any atom is 0.136 e. The van der Waals surface area contributed by atoms with E-state index in [0.29, 0.717) is 22.1 Å². The largest absolute Gasteiger partial charge is 0.456 e. The van der Waals surface area contributed by atoms with E-state index in [0.717, 1.165) is 22.2 Å². The zero-order valence-corrected chi connectivity index (χ0v) is 22.2.